The molecule has 5 nitrogen and oxygen atoms in total. The highest BCUT2D eigenvalue weighted by atomic mass is 19.4. The number of carbonyl (C=O) groups is 2. The average molecular weight is 506 g/mol. The number of ether oxygens (including phenoxy) is 1. The van der Waals surface area contributed by atoms with Crippen LogP contribution in [0.2, 0.25) is 0 Å². The van der Waals surface area contributed by atoms with Crippen molar-refractivity contribution >= 4 is 17.6 Å². The quantitative estimate of drug-likeness (QED) is 0.374. The fourth-order valence-electron chi connectivity index (χ4n) is 5.36. The predicted molar refractivity (Wildman–Crippen MR) is 125 cm³/mol. The van der Waals surface area contributed by atoms with Gasteiger partial charge >= 0.3 is 12.1 Å². The molecule has 2 aromatic rings. The molecule has 36 heavy (non-hydrogen) atoms. The first-order chi connectivity index (χ1) is 17.1. The molecule has 1 amide bonds. The number of halogens is 4. The van der Waals surface area contributed by atoms with E-state index in [2.05, 4.69) is 11.9 Å². The molecule has 0 radical (unpaired) electrons. The molecule has 1 aliphatic heterocycles. The highest BCUT2D eigenvalue weighted by Crippen LogP contribution is 2.43. The molecule has 1 saturated carbocycles. The molecule has 1 saturated heterocycles. The highest BCUT2D eigenvalue weighted by Gasteiger charge is 2.43. The number of anilines is 1. The number of carbonyl (C=O) groups excluding carboxylic acids is 1. The molecule has 2 aliphatic rings. The van der Waals surface area contributed by atoms with Gasteiger partial charge in [-0.25, -0.2) is 4.39 Å². The Morgan fingerprint density at radius 2 is 1.69 bits per heavy atom. The van der Waals surface area contributed by atoms with Gasteiger partial charge in [-0.2, -0.15) is 13.2 Å². The average Bonchev–Trinajstić information content (AvgIpc) is 3.33. The number of hydrogen-bond acceptors (Lipinski definition) is 3. The summed E-state index contributed by atoms with van der Waals surface area (Å²) in [4.78, 5) is 25.3. The van der Waals surface area contributed by atoms with Crippen molar-refractivity contribution in [1.29, 1.82) is 0 Å². The van der Waals surface area contributed by atoms with Gasteiger partial charge in [0.2, 0.25) is 5.91 Å². The van der Waals surface area contributed by atoms with Gasteiger partial charge in [-0.1, -0.05) is 36.8 Å². The number of aliphatic carboxylic acids is 1. The first-order valence-electron chi connectivity index (χ1n) is 11.8. The van der Waals surface area contributed by atoms with E-state index in [1.54, 1.807) is 0 Å². The van der Waals surface area contributed by atoms with E-state index in [9.17, 15) is 32.3 Å². The number of nitrogens with one attached hydrogen (secondary N) is 1. The van der Waals surface area contributed by atoms with Crippen molar-refractivity contribution in [3.05, 3.63) is 77.6 Å². The number of amides is 1. The number of carboxylic acid groups (broad SMARTS) is 1. The fourth-order valence-corrected chi connectivity index (χ4v) is 5.36. The van der Waals surface area contributed by atoms with Crippen LogP contribution in [0.25, 0.3) is 0 Å². The maximum absolute atomic E-state index is 14.3. The molecular weight excluding hydrogens is 478 g/mol. The van der Waals surface area contributed by atoms with E-state index in [4.69, 9.17) is 4.74 Å². The van der Waals surface area contributed by atoms with Crippen molar-refractivity contribution < 1.29 is 37.0 Å². The fraction of sp³-hybridized carbons (Fsp3) is 0.407. The number of carboxylic acids is 1. The van der Waals surface area contributed by atoms with Crippen LogP contribution in [0.3, 0.4) is 0 Å². The zero-order valence-corrected chi connectivity index (χ0v) is 19.4. The summed E-state index contributed by atoms with van der Waals surface area (Å²) < 4.78 is 58.3. The summed E-state index contributed by atoms with van der Waals surface area (Å²) in [5, 5.41) is 12.3. The minimum absolute atomic E-state index is 0.176. The number of rotatable bonds is 6. The lowest BCUT2D eigenvalue weighted by molar-refractivity contribution is -0.148. The van der Waals surface area contributed by atoms with Gasteiger partial charge in [-0.05, 0) is 48.1 Å². The van der Waals surface area contributed by atoms with Gasteiger partial charge < -0.3 is 15.2 Å². The summed E-state index contributed by atoms with van der Waals surface area (Å²) in [7, 11) is 0. The zero-order valence-electron chi connectivity index (χ0n) is 19.4. The van der Waals surface area contributed by atoms with E-state index < -0.39 is 52.9 Å². The SMILES string of the molecule is C=CC1COC[C@H]1c1ccc([C@H]2CCC[C@@H](C(=O)Nc3ccc(C(F)(F)F)cc3F)[C@@H]2C(=O)O)cc1. The van der Waals surface area contributed by atoms with Crippen molar-refractivity contribution in [2.45, 2.75) is 37.3 Å². The van der Waals surface area contributed by atoms with E-state index >= 15 is 0 Å². The molecule has 9 heteroatoms. The summed E-state index contributed by atoms with van der Waals surface area (Å²) in [6.45, 7) is 5.05. The van der Waals surface area contributed by atoms with E-state index in [0.29, 0.717) is 38.2 Å². The van der Waals surface area contributed by atoms with Crippen LogP contribution >= 0.6 is 0 Å². The third kappa shape index (κ3) is 5.31. The summed E-state index contributed by atoms with van der Waals surface area (Å²) in [5.41, 5.74) is 0.264. The molecule has 1 heterocycles. The summed E-state index contributed by atoms with van der Waals surface area (Å²) in [6.07, 6.45) is -1.42. The second-order valence-corrected chi connectivity index (χ2v) is 9.40. The number of hydrogen-bond donors (Lipinski definition) is 2. The first-order valence-corrected chi connectivity index (χ1v) is 11.8. The number of alkyl halides is 3. The van der Waals surface area contributed by atoms with Crippen LogP contribution < -0.4 is 5.32 Å². The Balaban J connectivity index is 1.53. The second-order valence-electron chi connectivity index (χ2n) is 9.40. The lowest BCUT2D eigenvalue weighted by Gasteiger charge is -2.35. The first kappa shape index (κ1) is 25.9. The predicted octanol–water partition coefficient (Wildman–Crippen LogP) is 5.98. The monoisotopic (exact) mass is 505 g/mol. The Kier molecular flexibility index (Phi) is 7.49. The molecule has 4 rings (SSSR count). The highest BCUT2D eigenvalue weighted by molar-refractivity contribution is 5.95. The van der Waals surface area contributed by atoms with Crippen molar-refractivity contribution in [3.8, 4) is 0 Å². The molecule has 2 aromatic carbocycles. The van der Waals surface area contributed by atoms with Crippen molar-refractivity contribution in [2.24, 2.45) is 17.8 Å². The minimum Gasteiger partial charge on any atom is -0.481 e. The maximum atomic E-state index is 14.3. The standard InChI is InChI=1S/C27H27F4NO4/c1-2-15-13-36-14-21(15)17-8-6-16(7-9-17)19-4-3-5-20(24(19)26(34)35)25(33)32-23-11-10-18(12-22(23)28)27(29,30)31/h2,6-12,15,19-21,24H,1,3-5,13-14H2,(H,32,33)(H,34,35)/t15?,19-,20-,21-,24-/m1/s1. The van der Waals surface area contributed by atoms with Crippen molar-refractivity contribution in [2.75, 3.05) is 18.5 Å². The van der Waals surface area contributed by atoms with Gasteiger partial charge in [0, 0.05) is 11.8 Å². The van der Waals surface area contributed by atoms with Crippen LogP contribution in [-0.4, -0.2) is 30.2 Å². The summed E-state index contributed by atoms with van der Waals surface area (Å²) in [5.74, 6) is -5.18. The van der Waals surface area contributed by atoms with Crippen LogP contribution in [0.5, 0.6) is 0 Å². The third-order valence-corrected chi connectivity index (χ3v) is 7.29. The Labute approximate surface area is 206 Å². The lowest BCUT2D eigenvalue weighted by atomic mass is 9.68. The normalized spacial score (nSPS) is 26.4. The summed E-state index contributed by atoms with van der Waals surface area (Å²) >= 11 is 0. The van der Waals surface area contributed by atoms with E-state index in [0.717, 1.165) is 17.2 Å². The van der Waals surface area contributed by atoms with Crippen LogP contribution in [0, 0.1) is 23.6 Å². The smallest absolute Gasteiger partial charge is 0.416 e. The molecule has 0 spiro atoms. The van der Waals surface area contributed by atoms with Gasteiger partial charge in [0.05, 0.1) is 36.3 Å². The van der Waals surface area contributed by atoms with E-state index in [1.807, 2.05) is 30.3 Å². The van der Waals surface area contributed by atoms with Crippen LogP contribution in [0.15, 0.2) is 55.1 Å². The zero-order chi connectivity index (χ0) is 26.0. The van der Waals surface area contributed by atoms with E-state index in [-0.39, 0.29) is 18.3 Å². The topological polar surface area (TPSA) is 75.6 Å². The molecule has 192 valence electrons. The van der Waals surface area contributed by atoms with Crippen LogP contribution in [0.1, 0.15) is 47.8 Å². The van der Waals surface area contributed by atoms with Gasteiger partial charge in [0.15, 0.2) is 0 Å². The Hall–Kier alpha value is -3.20. The minimum atomic E-state index is -4.72. The second kappa shape index (κ2) is 10.4. The maximum Gasteiger partial charge on any atom is 0.416 e. The van der Waals surface area contributed by atoms with Gasteiger partial charge in [-0.3, -0.25) is 9.59 Å². The lowest BCUT2D eigenvalue weighted by Crippen LogP contribution is -2.40. The Morgan fingerprint density at radius 1 is 1.03 bits per heavy atom. The summed E-state index contributed by atoms with van der Waals surface area (Å²) in [6, 6.07) is 9.48. The van der Waals surface area contributed by atoms with Gasteiger partial charge in [-0.15, -0.1) is 6.58 Å². The molecule has 0 aromatic heterocycles. The van der Waals surface area contributed by atoms with Crippen LogP contribution in [0.4, 0.5) is 23.2 Å². The molecular formula is C27H27F4NO4. The van der Waals surface area contributed by atoms with Crippen LogP contribution in [-0.2, 0) is 20.5 Å². The molecule has 1 unspecified atom stereocenters. The molecule has 2 N–H and O–H groups in total. The number of benzene rings is 2. The third-order valence-electron chi connectivity index (χ3n) is 7.29. The molecule has 1 aliphatic carbocycles. The molecule has 0 bridgehead atoms. The van der Waals surface area contributed by atoms with Gasteiger partial charge in [0.25, 0.3) is 0 Å². The van der Waals surface area contributed by atoms with Crippen molar-refractivity contribution in [3.63, 3.8) is 0 Å². The van der Waals surface area contributed by atoms with Gasteiger partial charge in [0.1, 0.15) is 5.82 Å². The largest absolute Gasteiger partial charge is 0.481 e. The Bertz CT molecular complexity index is 1130. The Morgan fingerprint density at radius 3 is 2.28 bits per heavy atom. The molecule has 2 fully saturated rings. The molecule has 5 atom stereocenters. The van der Waals surface area contributed by atoms with Crippen molar-refractivity contribution in [1.82, 2.24) is 0 Å². The van der Waals surface area contributed by atoms with E-state index in [1.165, 1.54) is 0 Å².